The molecule has 2 heterocycles. The van der Waals surface area contributed by atoms with Crippen molar-refractivity contribution in [2.75, 3.05) is 5.32 Å². The van der Waals surface area contributed by atoms with Gasteiger partial charge in [-0.2, -0.15) is 5.10 Å². The molecule has 1 aromatic carbocycles. The monoisotopic (exact) mass is 281 g/mol. The van der Waals surface area contributed by atoms with E-state index >= 15 is 0 Å². The van der Waals surface area contributed by atoms with E-state index in [1.807, 2.05) is 42.0 Å². The predicted molar refractivity (Wildman–Crippen MR) is 79.6 cm³/mol. The lowest BCUT2D eigenvalue weighted by Crippen LogP contribution is -2.13. The summed E-state index contributed by atoms with van der Waals surface area (Å²) in [5.41, 5.74) is 3.70. The first-order chi connectivity index (χ1) is 10.1. The van der Waals surface area contributed by atoms with Crippen molar-refractivity contribution in [1.82, 2.24) is 19.7 Å². The third-order valence-electron chi connectivity index (χ3n) is 3.26. The Labute approximate surface area is 121 Å². The van der Waals surface area contributed by atoms with E-state index in [1.54, 1.807) is 19.4 Å². The van der Waals surface area contributed by atoms with Crippen LogP contribution in [-0.4, -0.2) is 25.7 Å². The van der Waals surface area contributed by atoms with Gasteiger partial charge in [0.05, 0.1) is 17.6 Å². The number of hydrogen-bond donors (Lipinski definition) is 2. The third kappa shape index (κ3) is 2.55. The number of anilines is 1. The molecule has 0 radical (unpaired) electrons. The Kier molecular flexibility index (Phi) is 3.27. The number of nitrogens with one attached hydrogen (secondary N) is 2. The standard InChI is InChI=1S/C15H15N5O/c1-10-14(11(2)19-18-10)15(21)17-12-4-3-5-13(8-12)20-7-6-16-9-20/h3-9H,1-2H3,(H,17,21)(H,18,19). The lowest BCUT2D eigenvalue weighted by molar-refractivity contribution is 0.102. The Morgan fingerprint density at radius 3 is 2.86 bits per heavy atom. The van der Waals surface area contributed by atoms with Gasteiger partial charge in [0.25, 0.3) is 5.91 Å². The van der Waals surface area contributed by atoms with Crippen molar-refractivity contribution in [3.05, 3.63) is 59.9 Å². The number of aromatic nitrogens is 4. The maximum absolute atomic E-state index is 12.3. The summed E-state index contributed by atoms with van der Waals surface area (Å²) < 4.78 is 1.88. The average molecular weight is 281 g/mol. The quantitative estimate of drug-likeness (QED) is 0.774. The van der Waals surface area contributed by atoms with Gasteiger partial charge in [-0.25, -0.2) is 4.98 Å². The van der Waals surface area contributed by atoms with E-state index in [0.29, 0.717) is 11.3 Å². The summed E-state index contributed by atoms with van der Waals surface area (Å²) in [5.74, 6) is -0.165. The van der Waals surface area contributed by atoms with Gasteiger partial charge in [-0.05, 0) is 32.0 Å². The van der Waals surface area contributed by atoms with Crippen molar-refractivity contribution < 1.29 is 4.79 Å². The molecule has 3 aromatic rings. The maximum Gasteiger partial charge on any atom is 0.259 e. The fraction of sp³-hybridized carbons (Fsp3) is 0.133. The number of aromatic amines is 1. The van der Waals surface area contributed by atoms with E-state index in [0.717, 1.165) is 17.1 Å². The maximum atomic E-state index is 12.3. The Bertz CT molecular complexity index is 754. The van der Waals surface area contributed by atoms with Crippen LogP contribution in [-0.2, 0) is 0 Å². The zero-order chi connectivity index (χ0) is 14.8. The summed E-state index contributed by atoms with van der Waals surface area (Å²) in [6.07, 6.45) is 5.28. The molecule has 0 aliphatic rings. The van der Waals surface area contributed by atoms with Crippen molar-refractivity contribution in [2.24, 2.45) is 0 Å². The predicted octanol–water partition coefficient (Wildman–Crippen LogP) is 2.46. The highest BCUT2D eigenvalue weighted by molar-refractivity contribution is 6.05. The Morgan fingerprint density at radius 1 is 1.33 bits per heavy atom. The van der Waals surface area contributed by atoms with Crippen molar-refractivity contribution in [1.29, 1.82) is 0 Å². The zero-order valence-electron chi connectivity index (χ0n) is 11.8. The molecule has 0 aliphatic heterocycles. The van der Waals surface area contributed by atoms with Crippen LogP contribution in [0.1, 0.15) is 21.7 Å². The van der Waals surface area contributed by atoms with Crippen molar-refractivity contribution in [3.8, 4) is 5.69 Å². The summed E-state index contributed by atoms with van der Waals surface area (Å²) in [5, 5.41) is 9.75. The van der Waals surface area contributed by atoms with Crippen molar-refractivity contribution in [3.63, 3.8) is 0 Å². The number of carbonyl (C=O) groups is 1. The van der Waals surface area contributed by atoms with Gasteiger partial charge in [0.2, 0.25) is 0 Å². The summed E-state index contributed by atoms with van der Waals surface area (Å²) in [6.45, 7) is 3.64. The Balaban J connectivity index is 1.86. The summed E-state index contributed by atoms with van der Waals surface area (Å²) in [6, 6.07) is 7.58. The second-order valence-electron chi connectivity index (χ2n) is 4.78. The first-order valence-corrected chi connectivity index (χ1v) is 6.56. The van der Waals surface area contributed by atoms with Crippen LogP contribution in [0.4, 0.5) is 5.69 Å². The van der Waals surface area contributed by atoms with E-state index in [9.17, 15) is 4.79 Å². The minimum absolute atomic E-state index is 0.165. The number of benzene rings is 1. The first-order valence-electron chi connectivity index (χ1n) is 6.56. The third-order valence-corrected chi connectivity index (χ3v) is 3.26. The highest BCUT2D eigenvalue weighted by Crippen LogP contribution is 2.17. The number of rotatable bonds is 3. The van der Waals surface area contributed by atoms with E-state index in [2.05, 4.69) is 20.5 Å². The lowest BCUT2D eigenvalue weighted by atomic mass is 10.2. The van der Waals surface area contributed by atoms with E-state index < -0.39 is 0 Å². The molecule has 0 spiro atoms. The number of imidazole rings is 1. The highest BCUT2D eigenvalue weighted by atomic mass is 16.1. The topological polar surface area (TPSA) is 75.6 Å². The van der Waals surface area contributed by atoms with Gasteiger partial charge in [0.15, 0.2) is 0 Å². The van der Waals surface area contributed by atoms with Gasteiger partial charge in [-0.15, -0.1) is 0 Å². The molecule has 0 fully saturated rings. The van der Waals surface area contributed by atoms with E-state index in [-0.39, 0.29) is 5.91 Å². The van der Waals surface area contributed by atoms with Crippen LogP contribution in [0.3, 0.4) is 0 Å². The number of nitrogens with zero attached hydrogens (tertiary/aromatic N) is 3. The number of aryl methyl sites for hydroxylation is 2. The molecular weight excluding hydrogens is 266 g/mol. The summed E-state index contributed by atoms with van der Waals surface area (Å²) in [4.78, 5) is 16.3. The smallest absolute Gasteiger partial charge is 0.259 e. The Hall–Kier alpha value is -2.89. The van der Waals surface area contributed by atoms with Crippen molar-refractivity contribution >= 4 is 11.6 Å². The molecule has 3 rings (SSSR count). The molecule has 21 heavy (non-hydrogen) atoms. The summed E-state index contributed by atoms with van der Waals surface area (Å²) >= 11 is 0. The molecule has 6 heteroatoms. The van der Waals surface area contributed by atoms with Crippen LogP contribution < -0.4 is 5.32 Å². The van der Waals surface area contributed by atoms with E-state index in [4.69, 9.17) is 0 Å². The van der Waals surface area contributed by atoms with Gasteiger partial charge in [0, 0.05) is 29.5 Å². The normalized spacial score (nSPS) is 10.6. The second-order valence-corrected chi connectivity index (χ2v) is 4.78. The molecule has 0 aliphatic carbocycles. The van der Waals surface area contributed by atoms with Gasteiger partial charge >= 0.3 is 0 Å². The van der Waals surface area contributed by atoms with Gasteiger partial charge in [-0.1, -0.05) is 6.07 Å². The highest BCUT2D eigenvalue weighted by Gasteiger charge is 2.15. The van der Waals surface area contributed by atoms with Crippen LogP contribution in [0.15, 0.2) is 43.0 Å². The minimum Gasteiger partial charge on any atom is -0.322 e. The molecular formula is C15H15N5O. The van der Waals surface area contributed by atoms with Crippen LogP contribution in [0.5, 0.6) is 0 Å². The van der Waals surface area contributed by atoms with Gasteiger partial charge < -0.3 is 9.88 Å². The lowest BCUT2D eigenvalue weighted by Gasteiger charge is -2.08. The molecule has 0 saturated heterocycles. The molecule has 2 aromatic heterocycles. The molecule has 6 nitrogen and oxygen atoms in total. The van der Waals surface area contributed by atoms with E-state index in [1.165, 1.54) is 0 Å². The molecule has 2 N–H and O–H groups in total. The minimum atomic E-state index is -0.165. The molecule has 1 amide bonds. The fourth-order valence-corrected chi connectivity index (χ4v) is 2.24. The fourth-order valence-electron chi connectivity index (χ4n) is 2.24. The zero-order valence-corrected chi connectivity index (χ0v) is 11.8. The Morgan fingerprint density at radius 2 is 2.19 bits per heavy atom. The van der Waals surface area contributed by atoms with Crippen LogP contribution in [0, 0.1) is 13.8 Å². The SMILES string of the molecule is Cc1n[nH]c(C)c1C(=O)Nc1cccc(-n2ccnc2)c1. The van der Waals surface area contributed by atoms with Crippen LogP contribution in [0.25, 0.3) is 5.69 Å². The summed E-state index contributed by atoms with van der Waals surface area (Å²) in [7, 11) is 0. The average Bonchev–Trinajstić information content (AvgIpc) is 3.09. The largest absolute Gasteiger partial charge is 0.322 e. The molecule has 0 saturated carbocycles. The van der Waals surface area contributed by atoms with Gasteiger partial charge in [0.1, 0.15) is 0 Å². The molecule has 0 atom stereocenters. The molecule has 106 valence electrons. The number of carbonyl (C=O) groups excluding carboxylic acids is 1. The number of H-pyrrole nitrogens is 1. The first kappa shape index (κ1) is 13.1. The molecule has 0 bridgehead atoms. The van der Waals surface area contributed by atoms with Crippen LogP contribution >= 0.6 is 0 Å². The number of amides is 1. The van der Waals surface area contributed by atoms with Crippen molar-refractivity contribution in [2.45, 2.75) is 13.8 Å². The number of hydrogen-bond acceptors (Lipinski definition) is 3. The second kappa shape index (κ2) is 5.24. The van der Waals surface area contributed by atoms with Gasteiger partial charge in [-0.3, -0.25) is 9.89 Å². The van der Waals surface area contributed by atoms with Crippen LogP contribution in [0.2, 0.25) is 0 Å². The molecule has 0 unspecified atom stereocenters.